The maximum Gasteiger partial charge on any atom is 0.335 e. The van der Waals surface area contributed by atoms with Gasteiger partial charge in [0, 0.05) is 15.7 Å². The van der Waals surface area contributed by atoms with Crippen LogP contribution in [0.4, 0.5) is 5.69 Å². The highest BCUT2D eigenvalue weighted by molar-refractivity contribution is 6.31. The zero-order chi connectivity index (χ0) is 17.3. The second kappa shape index (κ2) is 6.81. The fourth-order valence-corrected chi connectivity index (χ4v) is 3.04. The Balaban J connectivity index is 2.12. The molecule has 1 aliphatic rings. The van der Waals surface area contributed by atoms with Crippen LogP contribution >= 0.6 is 23.2 Å². The van der Waals surface area contributed by atoms with Crippen LogP contribution in [-0.4, -0.2) is 29.7 Å². The van der Waals surface area contributed by atoms with Gasteiger partial charge in [0.15, 0.2) is 6.10 Å². The van der Waals surface area contributed by atoms with E-state index in [-0.39, 0.29) is 12.5 Å². The molecule has 2 aromatic carbocycles. The minimum atomic E-state index is -1.19. The number of carboxylic acids is 1. The molecule has 0 spiro atoms. The molecule has 1 aliphatic heterocycles. The van der Waals surface area contributed by atoms with E-state index < -0.39 is 18.1 Å². The summed E-state index contributed by atoms with van der Waals surface area (Å²) in [5.74, 6) is -1.48. The zero-order valence-electron chi connectivity index (χ0n) is 12.4. The molecule has 0 radical (unpaired) electrons. The van der Waals surface area contributed by atoms with Gasteiger partial charge < -0.3 is 9.84 Å². The predicted molar refractivity (Wildman–Crippen MR) is 90.5 cm³/mol. The van der Waals surface area contributed by atoms with Crippen molar-refractivity contribution in [2.75, 3.05) is 11.5 Å². The number of carbonyl (C=O) groups excluding carboxylic acids is 1. The molecular formula is C17H13Cl2NO4. The molecular weight excluding hydrogens is 353 g/mol. The van der Waals surface area contributed by atoms with Crippen molar-refractivity contribution >= 4 is 40.8 Å². The third kappa shape index (κ3) is 3.24. The molecule has 0 aliphatic carbocycles. The van der Waals surface area contributed by atoms with Gasteiger partial charge in [-0.15, -0.1) is 0 Å². The SMILES string of the molecule is O=C(O)[C@@H]1OCC(=O)N(c2cccc(Cl)c2)[C@@H]1c1ccc(Cl)cc1. The quantitative estimate of drug-likeness (QED) is 0.902. The van der Waals surface area contributed by atoms with E-state index in [9.17, 15) is 14.7 Å². The van der Waals surface area contributed by atoms with Gasteiger partial charge in [-0.2, -0.15) is 0 Å². The highest BCUT2D eigenvalue weighted by atomic mass is 35.5. The summed E-state index contributed by atoms with van der Waals surface area (Å²) in [6, 6.07) is 12.5. The van der Waals surface area contributed by atoms with Crippen molar-refractivity contribution in [3.05, 3.63) is 64.1 Å². The number of carbonyl (C=O) groups is 2. The molecule has 7 heteroatoms. The molecule has 0 aromatic heterocycles. The summed E-state index contributed by atoms with van der Waals surface area (Å²) in [5.41, 5.74) is 1.13. The van der Waals surface area contributed by atoms with Crippen molar-refractivity contribution in [1.82, 2.24) is 0 Å². The lowest BCUT2D eigenvalue weighted by atomic mass is 9.97. The Labute approximate surface area is 148 Å². The molecule has 1 fully saturated rings. The fraction of sp³-hybridized carbons (Fsp3) is 0.176. The first-order chi connectivity index (χ1) is 11.5. The molecule has 1 amide bonds. The number of anilines is 1. The van der Waals surface area contributed by atoms with Gasteiger partial charge >= 0.3 is 5.97 Å². The van der Waals surface area contributed by atoms with Gasteiger partial charge in [0.05, 0.1) is 6.04 Å². The maximum absolute atomic E-state index is 12.5. The molecule has 0 bridgehead atoms. The van der Waals surface area contributed by atoms with Gasteiger partial charge in [0.2, 0.25) is 0 Å². The monoisotopic (exact) mass is 365 g/mol. The third-order valence-corrected chi connectivity index (χ3v) is 4.25. The third-order valence-electron chi connectivity index (χ3n) is 3.76. The molecule has 124 valence electrons. The minimum absolute atomic E-state index is 0.312. The number of nitrogens with zero attached hydrogens (tertiary/aromatic N) is 1. The van der Waals surface area contributed by atoms with Crippen molar-refractivity contribution in [3.63, 3.8) is 0 Å². The van der Waals surface area contributed by atoms with Crippen LogP contribution in [-0.2, 0) is 14.3 Å². The summed E-state index contributed by atoms with van der Waals surface area (Å²) in [6.07, 6.45) is -1.19. The molecule has 3 rings (SSSR count). The summed E-state index contributed by atoms with van der Waals surface area (Å²) in [6.45, 7) is -0.312. The predicted octanol–water partition coefficient (Wildman–Crippen LogP) is 3.55. The van der Waals surface area contributed by atoms with Crippen molar-refractivity contribution in [3.8, 4) is 0 Å². The van der Waals surface area contributed by atoms with E-state index in [4.69, 9.17) is 27.9 Å². The number of carboxylic acid groups (broad SMARTS) is 1. The summed E-state index contributed by atoms with van der Waals surface area (Å²) < 4.78 is 5.27. The fourth-order valence-electron chi connectivity index (χ4n) is 2.73. The van der Waals surface area contributed by atoms with Crippen LogP contribution in [0, 0.1) is 0 Å². The Morgan fingerprint density at radius 3 is 2.46 bits per heavy atom. The number of rotatable bonds is 3. The maximum atomic E-state index is 12.5. The van der Waals surface area contributed by atoms with Gasteiger partial charge in [0.25, 0.3) is 5.91 Å². The molecule has 2 aromatic rings. The first-order valence-electron chi connectivity index (χ1n) is 7.15. The average molecular weight is 366 g/mol. The number of morpholine rings is 1. The van der Waals surface area contributed by atoms with Gasteiger partial charge in [-0.25, -0.2) is 4.79 Å². The Kier molecular flexibility index (Phi) is 4.76. The first kappa shape index (κ1) is 16.8. The molecule has 1 N–H and O–H groups in total. The van der Waals surface area contributed by atoms with E-state index in [1.807, 2.05) is 0 Å². The highest BCUT2D eigenvalue weighted by Crippen LogP contribution is 2.36. The molecule has 1 heterocycles. The summed E-state index contributed by atoms with van der Waals surface area (Å²) in [4.78, 5) is 25.5. The average Bonchev–Trinajstić information content (AvgIpc) is 2.55. The Morgan fingerprint density at radius 1 is 1.12 bits per heavy atom. The number of hydrogen-bond acceptors (Lipinski definition) is 3. The summed E-state index contributed by atoms with van der Waals surface area (Å²) in [5, 5.41) is 10.5. The molecule has 1 saturated heterocycles. The van der Waals surface area contributed by atoms with Crippen molar-refractivity contribution < 1.29 is 19.4 Å². The second-order valence-electron chi connectivity index (χ2n) is 5.31. The second-order valence-corrected chi connectivity index (χ2v) is 6.18. The van der Waals surface area contributed by atoms with Crippen LogP contribution < -0.4 is 4.90 Å². The summed E-state index contributed by atoms with van der Waals surface area (Å²) in [7, 11) is 0. The van der Waals surface area contributed by atoms with Crippen LogP contribution in [0.2, 0.25) is 10.0 Å². The number of amides is 1. The van der Waals surface area contributed by atoms with Gasteiger partial charge in [-0.05, 0) is 35.9 Å². The first-order valence-corrected chi connectivity index (χ1v) is 7.90. The summed E-state index contributed by atoms with van der Waals surface area (Å²) >= 11 is 11.9. The van der Waals surface area contributed by atoms with Gasteiger partial charge in [-0.1, -0.05) is 41.4 Å². The molecule has 5 nitrogen and oxygen atoms in total. The lowest BCUT2D eigenvalue weighted by Crippen LogP contribution is -2.52. The largest absolute Gasteiger partial charge is 0.479 e. The van der Waals surface area contributed by atoms with Gasteiger partial charge in [0.1, 0.15) is 6.61 Å². The highest BCUT2D eigenvalue weighted by Gasteiger charge is 2.42. The van der Waals surface area contributed by atoms with Crippen LogP contribution in [0.5, 0.6) is 0 Å². The molecule has 0 saturated carbocycles. The normalized spacial score (nSPS) is 20.9. The zero-order valence-corrected chi connectivity index (χ0v) is 13.9. The van der Waals surface area contributed by atoms with Gasteiger partial charge in [-0.3, -0.25) is 9.69 Å². The van der Waals surface area contributed by atoms with Crippen LogP contribution in [0.1, 0.15) is 11.6 Å². The smallest absolute Gasteiger partial charge is 0.335 e. The van der Waals surface area contributed by atoms with E-state index in [0.29, 0.717) is 21.3 Å². The number of ether oxygens (including phenoxy) is 1. The molecule has 2 atom stereocenters. The lowest BCUT2D eigenvalue weighted by Gasteiger charge is -2.39. The van der Waals surface area contributed by atoms with E-state index >= 15 is 0 Å². The number of aliphatic carboxylic acids is 1. The number of hydrogen-bond donors (Lipinski definition) is 1. The van der Waals surface area contributed by atoms with E-state index in [2.05, 4.69) is 0 Å². The van der Waals surface area contributed by atoms with Crippen molar-refractivity contribution in [1.29, 1.82) is 0 Å². The van der Waals surface area contributed by atoms with Crippen LogP contribution in [0.25, 0.3) is 0 Å². The van der Waals surface area contributed by atoms with E-state index in [1.165, 1.54) is 4.90 Å². The molecule has 24 heavy (non-hydrogen) atoms. The minimum Gasteiger partial charge on any atom is -0.479 e. The van der Waals surface area contributed by atoms with E-state index in [0.717, 1.165) is 0 Å². The number of benzene rings is 2. The van der Waals surface area contributed by atoms with Crippen LogP contribution in [0.3, 0.4) is 0 Å². The Morgan fingerprint density at radius 2 is 1.83 bits per heavy atom. The van der Waals surface area contributed by atoms with Crippen LogP contribution in [0.15, 0.2) is 48.5 Å². The Hall–Kier alpha value is -2.08. The molecule has 0 unspecified atom stereocenters. The van der Waals surface area contributed by atoms with Crippen molar-refractivity contribution in [2.45, 2.75) is 12.1 Å². The standard InChI is InChI=1S/C17H13Cl2NO4/c18-11-6-4-10(5-7-11)15-16(17(22)23)24-9-14(21)20(15)13-3-1-2-12(19)8-13/h1-8,15-16H,9H2,(H,22,23)/t15-,16-/m1/s1. The number of halogens is 2. The van der Waals surface area contributed by atoms with E-state index in [1.54, 1.807) is 48.5 Å². The lowest BCUT2D eigenvalue weighted by molar-refractivity contribution is -0.157. The Bertz CT molecular complexity index is 778. The topological polar surface area (TPSA) is 66.8 Å². The van der Waals surface area contributed by atoms with Crippen molar-refractivity contribution in [2.24, 2.45) is 0 Å².